The third kappa shape index (κ3) is 3.53. The first kappa shape index (κ1) is 19.0. The molecule has 0 unspecified atom stereocenters. The average molecular weight is 417 g/mol. The molecule has 3 aromatic rings. The van der Waals surface area contributed by atoms with Gasteiger partial charge in [0.15, 0.2) is 0 Å². The Hall–Kier alpha value is -2.96. The van der Waals surface area contributed by atoms with Crippen LogP contribution in [0.3, 0.4) is 0 Å². The minimum absolute atomic E-state index is 0.242. The summed E-state index contributed by atoms with van der Waals surface area (Å²) in [6, 6.07) is 18.7. The first-order valence-corrected chi connectivity index (χ1v) is 11.2. The highest BCUT2D eigenvalue weighted by molar-refractivity contribution is 7.11. The molecule has 3 heterocycles. The zero-order chi connectivity index (χ0) is 20.5. The maximum absolute atomic E-state index is 10.6. The Balaban J connectivity index is 1.36. The molecule has 5 nitrogen and oxygen atoms in total. The lowest BCUT2D eigenvalue weighted by Crippen LogP contribution is -2.46. The number of hydrogen-bond acceptors (Lipinski definition) is 5. The molecule has 2 aliphatic heterocycles. The molecule has 152 valence electrons. The Morgan fingerprint density at radius 1 is 0.867 bits per heavy atom. The number of amidine groups is 1. The van der Waals surface area contributed by atoms with Gasteiger partial charge >= 0.3 is 0 Å². The molecule has 2 aliphatic rings. The summed E-state index contributed by atoms with van der Waals surface area (Å²) in [5, 5.41) is 26.0. The van der Waals surface area contributed by atoms with Gasteiger partial charge in [-0.25, -0.2) is 9.99 Å². The fraction of sp³-hybridized carbons (Fsp3) is 0.250. The van der Waals surface area contributed by atoms with Gasteiger partial charge in [-0.2, -0.15) is 0 Å². The summed E-state index contributed by atoms with van der Waals surface area (Å²) in [6.07, 6.45) is 3.52. The van der Waals surface area contributed by atoms with Crippen LogP contribution in [-0.4, -0.2) is 45.6 Å². The van der Waals surface area contributed by atoms with Crippen LogP contribution < -0.4 is 0 Å². The highest BCUT2D eigenvalue weighted by Crippen LogP contribution is 2.34. The van der Waals surface area contributed by atoms with Gasteiger partial charge < -0.3 is 5.11 Å². The van der Waals surface area contributed by atoms with Crippen LogP contribution in [0, 0.1) is 5.41 Å². The standard InChI is InChI=1S/C24H24N4OS/c25-23-22(21(29)15-28(23)27-13-5-2-6-14-27)24-26-20(16-30-24)19-11-9-18(10-12-19)17-7-3-1-4-8-17/h1,3-4,7-12,16,25,29H,2,5-6,13-15H2. The summed E-state index contributed by atoms with van der Waals surface area (Å²) >= 11 is 1.48. The summed E-state index contributed by atoms with van der Waals surface area (Å²) in [4.78, 5) is 4.76. The van der Waals surface area contributed by atoms with Gasteiger partial charge in [-0.15, -0.1) is 11.3 Å². The number of aliphatic hydroxyl groups excluding tert-OH is 1. The summed E-state index contributed by atoms with van der Waals surface area (Å²) < 4.78 is 0. The second kappa shape index (κ2) is 8.05. The van der Waals surface area contributed by atoms with E-state index in [-0.39, 0.29) is 5.76 Å². The van der Waals surface area contributed by atoms with Gasteiger partial charge in [-0.1, -0.05) is 61.0 Å². The molecule has 0 bridgehead atoms. The maximum atomic E-state index is 10.6. The SMILES string of the molecule is N=C1C(c2nc(-c3ccc(-c4ccccc4)cc3)cs2)=C(O)CN1N1CCCCC1. The number of thiazole rings is 1. The molecule has 2 aromatic carbocycles. The van der Waals surface area contributed by atoms with E-state index in [1.54, 1.807) is 0 Å². The van der Waals surface area contributed by atoms with E-state index in [2.05, 4.69) is 41.4 Å². The van der Waals surface area contributed by atoms with Crippen LogP contribution in [0.5, 0.6) is 0 Å². The summed E-state index contributed by atoms with van der Waals surface area (Å²) in [5.74, 6) is 0.598. The Morgan fingerprint density at radius 3 is 2.27 bits per heavy atom. The predicted molar refractivity (Wildman–Crippen MR) is 122 cm³/mol. The van der Waals surface area contributed by atoms with E-state index in [4.69, 9.17) is 10.4 Å². The van der Waals surface area contributed by atoms with Crippen LogP contribution in [0.1, 0.15) is 24.3 Å². The number of benzene rings is 2. The van der Waals surface area contributed by atoms with E-state index < -0.39 is 0 Å². The fourth-order valence-electron chi connectivity index (χ4n) is 4.14. The van der Waals surface area contributed by atoms with E-state index in [0.717, 1.165) is 37.2 Å². The van der Waals surface area contributed by atoms with E-state index in [1.807, 2.05) is 28.6 Å². The van der Waals surface area contributed by atoms with Gasteiger partial charge in [0, 0.05) is 24.0 Å². The van der Waals surface area contributed by atoms with Gasteiger partial charge in [0.05, 0.1) is 17.8 Å². The van der Waals surface area contributed by atoms with Crippen LogP contribution in [-0.2, 0) is 0 Å². The number of piperidine rings is 1. The molecule has 0 atom stereocenters. The zero-order valence-corrected chi connectivity index (χ0v) is 17.5. The smallest absolute Gasteiger partial charge is 0.149 e. The van der Waals surface area contributed by atoms with E-state index in [0.29, 0.717) is 23.0 Å². The molecule has 0 aliphatic carbocycles. The highest BCUT2D eigenvalue weighted by Gasteiger charge is 2.34. The Labute approximate surface area is 180 Å². The molecule has 5 rings (SSSR count). The van der Waals surface area contributed by atoms with Crippen molar-refractivity contribution < 1.29 is 5.11 Å². The van der Waals surface area contributed by atoms with Crippen LogP contribution in [0.2, 0.25) is 0 Å². The van der Waals surface area contributed by atoms with Gasteiger partial charge in [0.1, 0.15) is 16.6 Å². The average Bonchev–Trinajstić information content (AvgIpc) is 3.39. The van der Waals surface area contributed by atoms with Gasteiger partial charge in [-0.3, -0.25) is 10.4 Å². The molecule has 0 spiro atoms. The molecule has 6 heteroatoms. The minimum atomic E-state index is 0.242. The zero-order valence-electron chi connectivity index (χ0n) is 16.7. The van der Waals surface area contributed by atoms with Crippen LogP contribution in [0.25, 0.3) is 28.0 Å². The largest absolute Gasteiger partial charge is 0.509 e. The van der Waals surface area contributed by atoms with Crippen LogP contribution >= 0.6 is 11.3 Å². The Morgan fingerprint density at radius 2 is 1.53 bits per heavy atom. The van der Waals surface area contributed by atoms with Crippen molar-refractivity contribution >= 4 is 22.7 Å². The first-order valence-electron chi connectivity index (χ1n) is 10.4. The quantitative estimate of drug-likeness (QED) is 0.594. The van der Waals surface area contributed by atoms with Crippen molar-refractivity contribution in [3.05, 3.63) is 70.7 Å². The number of rotatable bonds is 4. The molecular weight excluding hydrogens is 392 g/mol. The summed E-state index contributed by atoms with van der Waals surface area (Å²) in [6.45, 7) is 2.26. The Kier molecular flexibility index (Phi) is 5.11. The Bertz CT molecular complexity index is 1080. The number of nitrogens with one attached hydrogen (secondary N) is 1. The van der Waals surface area contributed by atoms with Gasteiger partial charge in [0.25, 0.3) is 0 Å². The third-order valence-electron chi connectivity index (χ3n) is 5.76. The fourth-order valence-corrected chi connectivity index (χ4v) is 5.03. The normalized spacial score (nSPS) is 17.7. The molecular formula is C24H24N4OS. The van der Waals surface area contributed by atoms with Crippen molar-refractivity contribution in [1.29, 1.82) is 5.41 Å². The molecule has 30 heavy (non-hydrogen) atoms. The second-order valence-electron chi connectivity index (χ2n) is 7.72. The number of aliphatic hydroxyl groups is 1. The van der Waals surface area contributed by atoms with Crippen molar-refractivity contribution in [2.75, 3.05) is 19.6 Å². The van der Waals surface area contributed by atoms with E-state index in [1.165, 1.54) is 28.9 Å². The molecule has 0 amide bonds. The molecule has 1 saturated heterocycles. The summed E-state index contributed by atoms with van der Waals surface area (Å²) in [5.41, 5.74) is 4.84. The van der Waals surface area contributed by atoms with Crippen LogP contribution in [0.4, 0.5) is 0 Å². The van der Waals surface area contributed by atoms with Crippen molar-refractivity contribution in [2.45, 2.75) is 19.3 Å². The molecule has 2 N–H and O–H groups in total. The van der Waals surface area contributed by atoms with Crippen molar-refractivity contribution in [1.82, 2.24) is 15.0 Å². The highest BCUT2D eigenvalue weighted by atomic mass is 32.1. The molecule has 0 saturated carbocycles. The lowest BCUT2D eigenvalue weighted by Gasteiger charge is -2.35. The topological polar surface area (TPSA) is 63.5 Å². The number of aromatic nitrogens is 1. The van der Waals surface area contributed by atoms with Crippen molar-refractivity contribution in [2.24, 2.45) is 0 Å². The number of hydrogen-bond donors (Lipinski definition) is 2. The molecule has 0 radical (unpaired) electrons. The molecule has 1 aromatic heterocycles. The minimum Gasteiger partial charge on any atom is -0.509 e. The lowest BCUT2D eigenvalue weighted by atomic mass is 10.0. The van der Waals surface area contributed by atoms with Crippen molar-refractivity contribution in [3.8, 4) is 22.4 Å². The van der Waals surface area contributed by atoms with Crippen molar-refractivity contribution in [3.63, 3.8) is 0 Å². The summed E-state index contributed by atoms with van der Waals surface area (Å²) in [7, 11) is 0. The van der Waals surface area contributed by atoms with E-state index in [9.17, 15) is 5.11 Å². The molecule has 1 fully saturated rings. The first-order chi connectivity index (χ1) is 14.7. The maximum Gasteiger partial charge on any atom is 0.149 e. The van der Waals surface area contributed by atoms with E-state index >= 15 is 0 Å². The van der Waals surface area contributed by atoms with Gasteiger partial charge in [0.2, 0.25) is 0 Å². The second-order valence-corrected chi connectivity index (χ2v) is 8.58. The number of nitrogens with zero attached hydrogens (tertiary/aromatic N) is 3. The van der Waals surface area contributed by atoms with Crippen LogP contribution in [0.15, 0.2) is 65.7 Å². The predicted octanol–water partition coefficient (Wildman–Crippen LogP) is 5.44. The monoisotopic (exact) mass is 416 g/mol. The van der Waals surface area contributed by atoms with Gasteiger partial charge in [-0.05, 0) is 24.0 Å². The lowest BCUT2D eigenvalue weighted by molar-refractivity contribution is 0.0312. The third-order valence-corrected chi connectivity index (χ3v) is 6.62. The number of hydrazine groups is 1.